The molecule has 0 bridgehead atoms. The molecule has 1 atom stereocenters. The van der Waals surface area contributed by atoms with E-state index >= 15 is 0 Å². The summed E-state index contributed by atoms with van der Waals surface area (Å²) in [6.45, 7) is 1.01. The van der Waals surface area contributed by atoms with Crippen LogP contribution in [0.15, 0.2) is 30.5 Å². The number of fused-ring (bicyclic) bond motifs is 1. The van der Waals surface area contributed by atoms with Gasteiger partial charge in [0.15, 0.2) is 0 Å². The summed E-state index contributed by atoms with van der Waals surface area (Å²) in [7, 11) is 2.00. The molecule has 1 unspecified atom stereocenters. The number of H-pyrrole nitrogens is 1. The Kier molecular flexibility index (Phi) is 3.12. The summed E-state index contributed by atoms with van der Waals surface area (Å²) in [5.74, 6) is -0.217. The second-order valence-electron chi connectivity index (χ2n) is 4.99. The predicted octanol–water partition coefficient (Wildman–Crippen LogP) is 2.39. The number of aromatic nitrogens is 1. The van der Waals surface area contributed by atoms with E-state index in [0.29, 0.717) is 5.39 Å². The molecule has 1 aliphatic rings. The Morgan fingerprint density at radius 3 is 3.05 bits per heavy atom. The van der Waals surface area contributed by atoms with Gasteiger partial charge in [0.2, 0.25) is 0 Å². The molecule has 0 fully saturated rings. The number of aliphatic hydroxyl groups excluding tert-OH is 1. The van der Waals surface area contributed by atoms with Gasteiger partial charge in [0.25, 0.3) is 0 Å². The SMILES string of the molecule is CN1CCC=C(c2ccc(F)c3cc[nH]c23)C1CO. The van der Waals surface area contributed by atoms with E-state index < -0.39 is 0 Å². The number of benzene rings is 1. The zero-order valence-corrected chi connectivity index (χ0v) is 10.9. The van der Waals surface area contributed by atoms with E-state index in [4.69, 9.17) is 0 Å². The van der Waals surface area contributed by atoms with Crippen LogP contribution in [0.3, 0.4) is 0 Å². The van der Waals surface area contributed by atoms with E-state index in [2.05, 4.69) is 16.0 Å². The van der Waals surface area contributed by atoms with Crippen LogP contribution in [0, 0.1) is 5.82 Å². The third-order valence-corrected chi connectivity index (χ3v) is 3.89. The molecule has 2 aromatic rings. The summed E-state index contributed by atoms with van der Waals surface area (Å²) in [4.78, 5) is 5.24. The molecule has 0 spiro atoms. The lowest BCUT2D eigenvalue weighted by Gasteiger charge is -2.32. The number of aromatic amines is 1. The minimum Gasteiger partial charge on any atom is -0.394 e. The van der Waals surface area contributed by atoms with Gasteiger partial charge in [-0.3, -0.25) is 4.90 Å². The van der Waals surface area contributed by atoms with E-state index in [1.54, 1.807) is 18.3 Å². The van der Waals surface area contributed by atoms with Crippen molar-refractivity contribution < 1.29 is 9.50 Å². The van der Waals surface area contributed by atoms with Crippen molar-refractivity contribution in [2.24, 2.45) is 0 Å². The summed E-state index contributed by atoms with van der Waals surface area (Å²) in [5, 5.41) is 10.2. The van der Waals surface area contributed by atoms with Gasteiger partial charge in [0.1, 0.15) is 5.82 Å². The zero-order valence-electron chi connectivity index (χ0n) is 10.9. The molecule has 0 saturated heterocycles. The minimum absolute atomic E-state index is 0.0225. The molecule has 0 aliphatic carbocycles. The third-order valence-electron chi connectivity index (χ3n) is 3.89. The third kappa shape index (κ3) is 1.97. The van der Waals surface area contributed by atoms with E-state index in [0.717, 1.165) is 29.6 Å². The Balaban J connectivity index is 2.16. The maximum Gasteiger partial charge on any atom is 0.132 e. The van der Waals surface area contributed by atoms with Crippen LogP contribution in [0.1, 0.15) is 12.0 Å². The molecule has 1 aromatic carbocycles. The minimum atomic E-state index is -0.217. The molecule has 3 nitrogen and oxygen atoms in total. The van der Waals surface area contributed by atoms with E-state index in [1.165, 1.54) is 6.07 Å². The Labute approximate surface area is 111 Å². The van der Waals surface area contributed by atoms with Crippen LogP contribution < -0.4 is 0 Å². The number of nitrogens with zero attached hydrogens (tertiary/aromatic N) is 1. The highest BCUT2D eigenvalue weighted by molar-refractivity contribution is 5.93. The second kappa shape index (κ2) is 4.79. The Bertz CT molecular complexity index is 632. The van der Waals surface area contributed by atoms with Crippen LogP contribution in [0.5, 0.6) is 0 Å². The first-order valence-corrected chi connectivity index (χ1v) is 6.49. The van der Waals surface area contributed by atoms with Gasteiger partial charge in [-0.25, -0.2) is 4.39 Å². The number of nitrogens with one attached hydrogen (secondary N) is 1. The predicted molar refractivity (Wildman–Crippen MR) is 74.4 cm³/mol. The molecule has 0 radical (unpaired) electrons. The first kappa shape index (κ1) is 12.4. The maximum absolute atomic E-state index is 13.7. The van der Waals surface area contributed by atoms with Crippen molar-refractivity contribution in [1.82, 2.24) is 9.88 Å². The highest BCUT2D eigenvalue weighted by Crippen LogP contribution is 2.31. The largest absolute Gasteiger partial charge is 0.394 e. The monoisotopic (exact) mass is 260 g/mol. The molecule has 2 heterocycles. The number of aliphatic hydroxyl groups is 1. The first-order chi connectivity index (χ1) is 9.22. The van der Waals surface area contributed by atoms with E-state index in [9.17, 15) is 9.50 Å². The summed E-state index contributed by atoms with van der Waals surface area (Å²) in [5.41, 5.74) is 2.86. The van der Waals surface area contributed by atoms with E-state index in [1.807, 2.05) is 7.05 Å². The van der Waals surface area contributed by atoms with E-state index in [-0.39, 0.29) is 18.5 Å². The Morgan fingerprint density at radius 1 is 1.42 bits per heavy atom. The fraction of sp³-hybridized carbons (Fsp3) is 0.333. The molecule has 0 amide bonds. The van der Waals surface area contributed by atoms with Gasteiger partial charge in [0.05, 0.1) is 18.2 Å². The lowest BCUT2D eigenvalue weighted by molar-refractivity contribution is 0.179. The molecule has 4 heteroatoms. The van der Waals surface area contributed by atoms with Crippen LogP contribution in [-0.2, 0) is 0 Å². The number of rotatable bonds is 2. The van der Waals surface area contributed by atoms with Crippen molar-refractivity contribution >= 4 is 16.5 Å². The number of halogens is 1. The van der Waals surface area contributed by atoms with Gasteiger partial charge in [-0.15, -0.1) is 0 Å². The zero-order chi connectivity index (χ0) is 13.4. The summed E-state index contributed by atoms with van der Waals surface area (Å²) in [6, 6.07) is 5.01. The van der Waals surface area contributed by atoms with Crippen LogP contribution in [0.2, 0.25) is 0 Å². The van der Waals surface area contributed by atoms with Gasteiger partial charge in [-0.2, -0.15) is 0 Å². The number of likely N-dealkylation sites (N-methyl/N-ethyl adjacent to an activating group) is 1. The van der Waals surface area contributed by atoms with Crippen LogP contribution in [-0.4, -0.2) is 41.2 Å². The molecular formula is C15H17FN2O. The lowest BCUT2D eigenvalue weighted by atomic mass is 9.92. The lowest BCUT2D eigenvalue weighted by Crippen LogP contribution is -2.38. The quantitative estimate of drug-likeness (QED) is 0.870. The van der Waals surface area contributed by atoms with Crippen LogP contribution in [0.4, 0.5) is 4.39 Å². The summed E-state index contributed by atoms with van der Waals surface area (Å²) < 4.78 is 13.7. The molecule has 100 valence electrons. The molecule has 0 saturated carbocycles. The Morgan fingerprint density at radius 2 is 2.26 bits per heavy atom. The average Bonchev–Trinajstić information content (AvgIpc) is 2.89. The van der Waals surface area contributed by atoms with Crippen molar-refractivity contribution in [1.29, 1.82) is 0 Å². The smallest absolute Gasteiger partial charge is 0.132 e. The fourth-order valence-corrected chi connectivity index (χ4v) is 2.84. The van der Waals surface area contributed by atoms with Gasteiger partial charge in [-0.05, 0) is 37.2 Å². The topological polar surface area (TPSA) is 39.3 Å². The average molecular weight is 260 g/mol. The normalized spacial score (nSPS) is 20.8. The number of hydrogen-bond donors (Lipinski definition) is 2. The summed E-state index contributed by atoms with van der Waals surface area (Å²) >= 11 is 0. The van der Waals surface area contributed by atoms with Crippen LogP contribution >= 0.6 is 0 Å². The molecule has 19 heavy (non-hydrogen) atoms. The summed E-state index contributed by atoms with van der Waals surface area (Å²) in [6.07, 6.45) is 4.84. The van der Waals surface area contributed by atoms with Crippen molar-refractivity contribution in [3.63, 3.8) is 0 Å². The molecule has 1 aliphatic heterocycles. The highest BCUT2D eigenvalue weighted by Gasteiger charge is 2.24. The van der Waals surface area contributed by atoms with Gasteiger partial charge in [0, 0.05) is 23.7 Å². The molecule has 1 aromatic heterocycles. The number of hydrogen-bond acceptors (Lipinski definition) is 2. The van der Waals surface area contributed by atoms with Crippen molar-refractivity contribution in [2.75, 3.05) is 20.2 Å². The second-order valence-corrected chi connectivity index (χ2v) is 4.99. The van der Waals surface area contributed by atoms with Gasteiger partial charge < -0.3 is 10.1 Å². The fourth-order valence-electron chi connectivity index (χ4n) is 2.84. The maximum atomic E-state index is 13.7. The molecular weight excluding hydrogens is 243 g/mol. The highest BCUT2D eigenvalue weighted by atomic mass is 19.1. The van der Waals surface area contributed by atoms with Gasteiger partial charge in [-0.1, -0.05) is 6.08 Å². The van der Waals surface area contributed by atoms with Crippen LogP contribution in [0.25, 0.3) is 16.5 Å². The van der Waals surface area contributed by atoms with Crippen molar-refractivity contribution in [3.05, 3.63) is 41.9 Å². The standard InChI is InChI=1S/C15H17FN2O/c1-18-8-2-3-10(14(18)9-19)11-4-5-13(16)12-6-7-17-15(11)12/h3-7,14,17,19H,2,8-9H2,1H3. The molecule has 2 N–H and O–H groups in total. The Hall–Kier alpha value is -1.65. The molecule has 3 rings (SSSR count). The van der Waals surface area contributed by atoms with Crippen molar-refractivity contribution in [2.45, 2.75) is 12.5 Å². The van der Waals surface area contributed by atoms with Gasteiger partial charge >= 0.3 is 0 Å². The van der Waals surface area contributed by atoms with Crippen molar-refractivity contribution in [3.8, 4) is 0 Å². The first-order valence-electron chi connectivity index (χ1n) is 6.49.